The molecule has 0 unspecified atom stereocenters. The minimum absolute atomic E-state index is 0.144. The summed E-state index contributed by atoms with van der Waals surface area (Å²) in [6, 6.07) is 21.6. The summed E-state index contributed by atoms with van der Waals surface area (Å²) in [4.78, 5) is 35.0. The topological polar surface area (TPSA) is 97.4 Å². The number of rotatable bonds is 17. The molecule has 0 aliphatic heterocycles. The van der Waals surface area contributed by atoms with Crippen LogP contribution in [0.4, 0.5) is 0 Å². The zero-order chi connectivity index (χ0) is 30.2. The molecule has 0 spiro atoms. The Morgan fingerprint density at radius 2 is 1.17 bits per heavy atom. The Bertz CT molecular complexity index is 1330. The van der Waals surface area contributed by atoms with Crippen molar-refractivity contribution >= 4 is 17.9 Å². The van der Waals surface area contributed by atoms with E-state index in [1.54, 1.807) is 43.3 Å². The van der Waals surface area contributed by atoms with Gasteiger partial charge in [0.25, 0.3) is 0 Å². The molecular formula is C34H36O8. The van der Waals surface area contributed by atoms with Gasteiger partial charge in [-0.15, -0.1) is 0 Å². The maximum atomic E-state index is 12.6. The quantitative estimate of drug-likeness (QED) is 0.0759. The maximum absolute atomic E-state index is 12.6. The first-order valence-electron chi connectivity index (χ1n) is 13.8. The van der Waals surface area contributed by atoms with Gasteiger partial charge >= 0.3 is 17.9 Å². The molecule has 220 valence electrons. The summed E-state index contributed by atoms with van der Waals surface area (Å²) < 4.78 is 26.8. The van der Waals surface area contributed by atoms with Crippen molar-refractivity contribution < 1.29 is 38.1 Å². The van der Waals surface area contributed by atoms with E-state index in [9.17, 15) is 14.4 Å². The molecule has 3 aromatic carbocycles. The first-order valence-corrected chi connectivity index (χ1v) is 13.8. The van der Waals surface area contributed by atoms with Gasteiger partial charge in [0.15, 0.2) is 0 Å². The van der Waals surface area contributed by atoms with Gasteiger partial charge in [0.2, 0.25) is 0 Å². The van der Waals surface area contributed by atoms with Gasteiger partial charge in [-0.05, 0) is 92.3 Å². The first kappa shape index (κ1) is 31.7. The lowest BCUT2D eigenvalue weighted by Crippen LogP contribution is -2.10. The second-order valence-corrected chi connectivity index (χ2v) is 9.36. The van der Waals surface area contributed by atoms with Crippen molar-refractivity contribution in [2.75, 3.05) is 26.4 Å². The fourth-order valence-electron chi connectivity index (χ4n) is 3.71. The zero-order valence-electron chi connectivity index (χ0n) is 23.8. The average Bonchev–Trinajstić information content (AvgIpc) is 3.01. The fraction of sp³-hybridized carbons (Fsp3) is 0.265. The molecule has 0 N–H and O–H groups in total. The van der Waals surface area contributed by atoms with Crippen LogP contribution in [0.1, 0.15) is 43.0 Å². The van der Waals surface area contributed by atoms with Crippen LogP contribution in [0.3, 0.4) is 0 Å². The Morgan fingerprint density at radius 3 is 1.74 bits per heavy atom. The molecule has 0 saturated carbocycles. The molecule has 0 fully saturated rings. The van der Waals surface area contributed by atoms with E-state index in [0.29, 0.717) is 41.6 Å². The van der Waals surface area contributed by atoms with Crippen LogP contribution in [-0.2, 0) is 19.1 Å². The van der Waals surface area contributed by atoms with Gasteiger partial charge in [-0.1, -0.05) is 37.4 Å². The summed E-state index contributed by atoms with van der Waals surface area (Å²) in [6.07, 6.45) is 4.70. The van der Waals surface area contributed by atoms with Crippen molar-refractivity contribution in [3.05, 3.63) is 103 Å². The molecule has 0 atom stereocenters. The van der Waals surface area contributed by atoms with Crippen molar-refractivity contribution in [2.24, 2.45) is 0 Å². The minimum atomic E-state index is -0.483. The molecule has 0 aliphatic carbocycles. The molecule has 8 nitrogen and oxygen atoms in total. The molecule has 0 heterocycles. The van der Waals surface area contributed by atoms with Gasteiger partial charge in [-0.2, -0.15) is 0 Å². The third-order valence-corrected chi connectivity index (χ3v) is 5.99. The van der Waals surface area contributed by atoms with Crippen LogP contribution in [0.5, 0.6) is 17.2 Å². The van der Waals surface area contributed by atoms with Gasteiger partial charge in [-0.25, -0.2) is 14.4 Å². The summed E-state index contributed by atoms with van der Waals surface area (Å²) in [5.74, 6) is 0.487. The summed E-state index contributed by atoms with van der Waals surface area (Å²) in [5, 5.41) is 0. The predicted octanol–water partition coefficient (Wildman–Crippen LogP) is 6.74. The SMILES string of the molecule is C=CC(=O)OCCOc1ccc(-c2ccc(OC(=O)c3ccc(OCCCCCCOC(=O)C(=C)C)cc3)cc2)cc1. The van der Waals surface area contributed by atoms with E-state index >= 15 is 0 Å². The predicted molar refractivity (Wildman–Crippen MR) is 160 cm³/mol. The highest BCUT2D eigenvalue weighted by atomic mass is 16.6. The van der Waals surface area contributed by atoms with Gasteiger partial charge in [0.1, 0.15) is 30.5 Å². The third-order valence-electron chi connectivity index (χ3n) is 5.99. The molecule has 0 radical (unpaired) electrons. The molecule has 0 saturated heterocycles. The van der Waals surface area contributed by atoms with Gasteiger partial charge in [0, 0.05) is 11.6 Å². The molecule has 3 rings (SSSR count). The lowest BCUT2D eigenvalue weighted by atomic mass is 10.1. The number of hydrogen-bond donors (Lipinski definition) is 0. The second-order valence-electron chi connectivity index (χ2n) is 9.36. The average molecular weight is 573 g/mol. The Balaban J connectivity index is 1.36. The summed E-state index contributed by atoms with van der Waals surface area (Å²) in [5.41, 5.74) is 2.75. The van der Waals surface area contributed by atoms with E-state index in [1.165, 1.54) is 0 Å². The van der Waals surface area contributed by atoms with Crippen molar-refractivity contribution in [3.63, 3.8) is 0 Å². The standard InChI is InChI=1S/C34H36O8/c1-4-32(35)40-24-23-39-30-15-9-26(10-16-30)27-11-19-31(20-12-27)42-34(37)28-13-17-29(18-14-28)38-21-7-5-6-8-22-41-33(36)25(2)3/h4,9-20H,1-2,5-8,21-24H2,3H3. The summed E-state index contributed by atoms with van der Waals surface area (Å²) >= 11 is 0. The Hall–Kier alpha value is -4.85. The third kappa shape index (κ3) is 11.0. The molecule has 0 amide bonds. The van der Waals surface area contributed by atoms with Crippen LogP contribution < -0.4 is 14.2 Å². The van der Waals surface area contributed by atoms with E-state index < -0.39 is 11.9 Å². The lowest BCUT2D eigenvalue weighted by Gasteiger charge is -2.09. The van der Waals surface area contributed by atoms with Crippen molar-refractivity contribution in [3.8, 4) is 28.4 Å². The zero-order valence-corrected chi connectivity index (χ0v) is 23.8. The number of ether oxygens (including phenoxy) is 5. The summed E-state index contributed by atoms with van der Waals surface area (Å²) in [7, 11) is 0. The van der Waals surface area contributed by atoms with Crippen molar-refractivity contribution in [2.45, 2.75) is 32.6 Å². The largest absolute Gasteiger partial charge is 0.494 e. The smallest absolute Gasteiger partial charge is 0.343 e. The van der Waals surface area contributed by atoms with Crippen molar-refractivity contribution in [1.82, 2.24) is 0 Å². The number of carbonyl (C=O) groups is 3. The van der Waals surface area contributed by atoms with E-state index in [1.807, 2.05) is 36.4 Å². The van der Waals surface area contributed by atoms with E-state index in [0.717, 1.165) is 42.9 Å². The van der Waals surface area contributed by atoms with Crippen molar-refractivity contribution in [1.29, 1.82) is 0 Å². The normalized spacial score (nSPS) is 10.3. The van der Waals surface area contributed by atoms with Crippen LogP contribution in [0.25, 0.3) is 11.1 Å². The fourth-order valence-corrected chi connectivity index (χ4v) is 3.71. The maximum Gasteiger partial charge on any atom is 0.343 e. The highest BCUT2D eigenvalue weighted by Gasteiger charge is 2.10. The lowest BCUT2D eigenvalue weighted by molar-refractivity contribution is -0.139. The number of unbranched alkanes of at least 4 members (excludes halogenated alkanes) is 3. The Morgan fingerprint density at radius 1 is 0.643 bits per heavy atom. The van der Waals surface area contributed by atoms with E-state index in [-0.39, 0.29) is 19.2 Å². The highest BCUT2D eigenvalue weighted by Crippen LogP contribution is 2.25. The molecule has 3 aromatic rings. The number of hydrogen-bond acceptors (Lipinski definition) is 8. The molecule has 8 heteroatoms. The number of esters is 3. The first-order chi connectivity index (χ1) is 20.4. The van der Waals surface area contributed by atoms with Crippen LogP contribution in [0.2, 0.25) is 0 Å². The van der Waals surface area contributed by atoms with Gasteiger partial charge in [-0.3, -0.25) is 0 Å². The van der Waals surface area contributed by atoms with Gasteiger partial charge in [0.05, 0.1) is 18.8 Å². The minimum Gasteiger partial charge on any atom is -0.494 e. The van der Waals surface area contributed by atoms with E-state index in [2.05, 4.69) is 13.2 Å². The molecule has 0 aromatic heterocycles. The molecule has 0 aliphatic rings. The molecule has 42 heavy (non-hydrogen) atoms. The van der Waals surface area contributed by atoms with Crippen LogP contribution >= 0.6 is 0 Å². The van der Waals surface area contributed by atoms with E-state index in [4.69, 9.17) is 23.7 Å². The van der Waals surface area contributed by atoms with Crippen LogP contribution in [0.15, 0.2) is 97.6 Å². The molecule has 0 bridgehead atoms. The second kappa shape index (κ2) is 17.1. The number of benzene rings is 3. The summed E-state index contributed by atoms with van der Waals surface area (Å²) in [6.45, 7) is 9.88. The Labute approximate surface area is 246 Å². The van der Waals surface area contributed by atoms with Crippen LogP contribution in [0, 0.1) is 0 Å². The Kier molecular flexibility index (Phi) is 12.9. The molecular weight excluding hydrogens is 536 g/mol. The highest BCUT2D eigenvalue weighted by molar-refractivity contribution is 5.91. The monoisotopic (exact) mass is 572 g/mol. The number of carbonyl (C=O) groups excluding carboxylic acids is 3. The van der Waals surface area contributed by atoms with Gasteiger partial charge < -0.3 is 23.7 Å². The van der Waals surface area contributed by atoms with Crippen LogP contribution in [-0.4, -0.2) is 44.3 Å².